The van der Waals surface area contributed by atoms with Crippen LogP contribution in [-0.2, 0) is 4.74 Å². The molecule has 0 amide bonds. The van der Waals surface area contributed by atoms with Crippen molar-refractivity contribution in [3.8, 4) is 5.69 Å². The summed E-state index contributed by atoms with van der Waals surface area (Å²) in [5.74, 6) is -0.367. The quantitative estimate of drug-likeness (QED) is 0.818. The maximum absolute atomic E-state index is 11.9. The number of hydrogen-bond acceptors (Lipinski definition) is 3. The minimum absolute atomic E-state index is 0.346. The Bertz CT molecular complexity index is 578. The molecule has 0 saturated heterocycles. The zero-order valence-corrected chi connectivity index (χ0v) is 11.8. The molecule has 0 aliphatic carbocycles. The van der Waals surface area contributed by atoms with Crippen molar-refractivity contribution in [1.82, 2.24) is 9.78 Å². The predicted molar refractivity (Wildman–Crippen MR) is 72.0 cm³/mol. The van der Waals surface area contributed by atoms with E-state index in [1.807, 2.05) is 31.2 Å². The topological polar surface area (TPSA) is 44.1 Å². The number of hydrogen-bond donors (Lipinski definition) is 0. The van der Waals surface area contributed by atoms with Gasteiger partial charge in [-0.1, -0.05) is 12.1 Å². The van der Waals surface area contributed by atoms with Crippen LogP contribution in [0.4, 0.5) is 0 Å². The molecule has 0 bridgehead atoms. The molecule has 94 valence electrons. The monoisotopic (exact) mass is 308 g/mol. The number of benzene rings is 1. The second kappa shape index (κ2) is 5.35. The molecule has 0 atom stereocenters. The number of aryl methyl sites for hydroxylation is 1. The van der Waals surface area contributed by atoms with Gasteiger partial charge < -0.3 is 4.74 Å². The van der Waals surface area contributed by atoms with E-state index in [0.29, 0.717) is 12.3 Å². The van der Waals surface area contributed by atoms with Crippen molar-refractivity contribution in [2.75, 3.05) is 6.61 Å². The Morgan fingerprint density at radius 2 is 2.17 bits per heavy atom. The van der Waals surface area contributed by atoms with Crippen molar-refractivity contribution < 1.29 is 9.53 Å². The molecule has 0 radical (unpaired) electrons. The zero-order chi connectivity index (χ0) is 13.1. The third kappa shape index (κ3) is 2.46. The van der Waals surface area contributed by atoms with Crippen molar-refractivity contribution in [3.63, 3.8) is 0 Å². The summed E-state index contributed by atoms with van der Waals surface area (Å²) < 4.78 is 7.50. The lowest BCUT2D eigenvalue weighted by Gasteiger charge is -2.08. The molecule has 1 aromatic heterocycles. The fourth-order valence-corrected chi connectivity index (χ4v) is 2.11. The number of para-hydroxylation sites is 1. The maximum atomic E-state index is 11.9. The highest BCUT2D eigenvalue weighted by Crippen LogP contribution is 2.22. The second-order valence-electron chi connectivity index (χ2n) is 3.75. The summed E-state index contributed by atoms with van der Waals surface area (Å²) in [7, 11) is 0. The fraction of sp³-hybridized carbons (Fsp3) is 0.231. The standard InChI is InChI=1S/C13H13BrN2O2/c1-3-18-13(17)12-8-9(2)15-16(12)11-7-5-4-6-10(11)14/h4-8H,3H2,1-2H3. The van der Waals surface area contributed by atoms with Crippen molar-refractivity contribution >= 4 is 21.9 Å². The van der Waals surface area contributed by atoms with E-state index in [9.17, 15) is 4.79 Å². The van der Waals surface area contributed by atoms with Gasteiger partial charge in [0.25, 0.3) is 0 Å². The summed E-state index contributed by atoms with van der Waals surface area (Å²) in [6.07, 6.45) is 0. The number of esters is 1. The summed E-state index contributed by atoms with van der Waals surface area (Å²) in [4.78, 5) is 11.9. The van der Waals surface area contributed by atoms with Crippen LogP contribution < -0.4 is 0 Å². The molecule has 0 fully saturated rings. The molecule has 0 saturated carbocycles. The van der Waals surface area contributed by atoms with Crippen molar-refractivity contribution in [3.05, 3.63) is 46.2 Å². The first-order valence-electron chi connectivity index (χ1n) is 5.62. The highest BCUT2D eigenvalue weighted by Gasteiger charge is 2.17. The SMILES string of the molecule is CCOC(=O)c1cc(C)nn1-c1ccccc1Br. The van der Waals surface area contributed by atoms with Crippen molar-refractivity contribution in [2.45, 2.75) is 13.8 Å². The smallest absolute Gasteiger partial charge is 0.357 e. The van der Waals surface area contributed by atoms with Gasteiger partial charge in [0.15, 0.2) is 5.69 Å². The Hall–Kier alpha value is -1.62. The van der Waals surface area contributed by atoms with E-state index in [2.05, 4.69) is 21.0 Å². The Morgan fingerprint density at radius 3 is 2.83 bits per heavy atom. The van der Waals surface area contributed by atoms with Gasteiger partial charge in [0, 0.05) is 4.47 Å². The highest BCUT2D eigenvalue weighted by molar-refractivity contribution is 9.10. The van der Waals surface area contributed by atoms with Gasteiger partial charge in [-0.2, -0.15) is 5.10 Å². The van der Waals surface area contributed by atoms with Gasteiger partial charge in [-0.15, -0.1) is 0 Å². The van der Waals surface area contributed by atoms with Gasteiger partial charge in [0.1, 0.15) is 0 Å². The molecule has 2 rings (SSSR count). The molecule has 0 N–H and O–H groups in total. The van der Waals surface area contributed by atoms with Crippen LogP contribution in [0.15, 0.2) is 34.8 Å². The highest BCUT2D eigenvalue weighted by atomic mass is 79.9. The molecule has 0 unspecified atom stereocenters. The van der Waals surface area contributed by atoms with E-state index in [1.165, 1.54) is 0 Å². The number of ether oxygens (including phenoxy) is 1. The minimum atomic E-state index is -0.367. The Balaban J connectivity index is 2.51. The average molecular weight is 309 g/mol. The Labute approximate surface area is 114 Å². The number of carbonyl (C=O) groups is 1. The Kier molecular flexibility index (Phi) is 3.81. The first kappa shape index (κ1) is 12.8. The number of nitrogens with zero attached hydrogens (tertiary/aromatic N) is 2. The van der Waals surface area contributed by atoms with Crippen LogP contribution in [0, 0.1) is 6.92 Å². The summed E-state index contributed by atoms with van der Waals surface area (Å²) in [6, 6.07) is 9.32. The van der Waals surface area contributed by atoms with Crippen LogP contribution in [0.5, 0.6) is 0 Å². The summed E-state index contributed by atoms with van der Waals surface area (Å²) in [6.45, 7) is 3.97. The number of carbonyl (C=O) groups excluding carboxylic acids is 1. The minimum Gasteiger partial charge on any atom is -0.461 e. The van der Waals surface area contributed by atoms with E-state index >= 15 is 0 Å². The van der Waals surface area contributed by atoms with Crippen LogP contribution in [0.25, 0.3) is 5.69 Å². The van der Waals surface area contributed by atoms with E-state index in [4.69, 9.17) is 4.74 Å². The van der Waals surface area contributed by atoms with Gasteiger partial charge in [-0.3, -0.25) is 0 Å². The molecule has 1 aromatic carbocycles. The van der Waals surface area contributed by atoms with E-state index in [-0.39, 0.29) is 5.97 Å². The second-order valence-corrected chi connectivity index (χ2v) is 4.61. The molecule has 5 heteroatoms. The average Bonchev–Trinajstić information content (AvgIpc) is 2.72. The number of halogens is 1. The summed E-state index contributed by atoms with van der Waals surface area (Å²) >= 11 is 3.45. The van der Waals surface area contributed by atoms with Gasteiger partial charge in [-0.25, -0.2) is 9.48 Å². The summed E-state index contributed by atoms with van der Waals surface area (Å²) in [5, 5.41) is 4.33. The van der Waals surface area contributed by atoms with E-state index in [0.717, 1.165) is 15.9 Å². The first-order chi connectivity index (χ1) is 8.63. The molecular formula is C13H13BrN2O2. The summed E-state index contributed by atoms with van der Waals surface area (Å²) in [5.41, 5.74) is 2.02. The lowest BCUT2D eigenvalue weighted by atomic mass is 10.3. The lowest BCUT2D eigenvalue weighted by Crippen LogP contribution is -2.12. The van der Waals surface area contributed by atoms with Gasteiger partial charge in [0.05, 0.1) is 18.0 Å². The van der Waals surface area contributed by atoms with Crippen LogP contribution in [-0.4, -0.2) is 22.4 Å². The number of rotatable bonds is 3. The molecule has 2 aromatic rings. The molecule has 0 aliphatic heterocycles. The Morgan fingerprint density at radius 1 is 1.44 bits per heavy atom. The van der Waals surface area contributed by atoms with E-state index < -0.39 is 0 Å². The molecular weight excluding hydrogens is 296 g/mol. The van der Waals surface area contributed by atoms with Crippen molar-refractivity contribution in [1.29, 1.82) is 0 Å². The first-order valence-corrected chi connectivity index (χ1v) is 6.41. The molecule has 0 aliphatic rings. The normalized spacial score (nSPS) is 10.4. The van der Waals surface area contributed by atoms with Gasteiger partial charge in [0.2, 0.25) is 0 Å². The maximum Gasteiger partial charge on any atom is 0.357 e. The molecule has 18 heavy (non-hydrogen) atoms. The van der Waals surface area contributed by atoms with Crippen LogP contribution in [0.3, 0.4) is 0 Å². The largest absolute Gasteiger partial charge is 0.461 e. The third-order valence-electron chi connectivity index (χ3n) is 2.40. The molecule has 0 spiro atoms. The van der Waals surface area contributed by atoms with Gasteiger partial charge >= 0.3 is 5.97 Å². The van der Waals surface area contributed by atoms with E-state index in [1.54, 1.807) is 17.7 Å². The third-order valence-corrected chi connectivity index (χ3v) is 3.07. The van der Waals surface area contributed by atoms with Crippen LogP contribution >= 0.6 is 15.9 Å². The lowest BCUT2D eigenvalue weighted by molar-refractivity contribution is 0.0515. The van der Waals surface area contributed by atoms with Gasteiger partial charge in [-0.05, 0) is 48.0 Å². The predicted octanol–water partition coefficient (Wildman–Crippen LogP) is 3.12. The van der Waals surface area contributed by atoms with Crippen molar-refractivity contribution in [2.24, 2.45) is 0 Å². The van der Waals surface area contributed by atoms with Crippen LogP contribution in [0.2, 0.25) is 0 Å². The molecule has 1 heterocycles. The van der Waals surface area contributed by atoms with Crippen LogP contribution in [0.1, 0.15) is 23.1 Å². The molecule has 4 nitrogen and oxygen atoms in total. The number of aromatic nitrogens is 2. The zero-order valence-electron chi connectivity index (χ0n) is 10.2. The fourth-order valence-electron chi connectivity index (χ4n) is 1.66.